The quantitative estimate of drug-likeness (QED) is 0.653. The molecule has 0 fully saturated rings. The van der Waals surface area contributed by atoms with Crippen LogP contribution < -0.4 is 5.56 Å². The molecule has 0 bridgehead atoms. The molecule has 1 rings (SSSR count). The number of likely N-dealkylation sites (N-methyl/N-ethyl adjacent to an activating group) is 1. The van der Waals surface area contributed by atoms with Gasteiger partial charge in [-0.25, -0.2) is 0 Å². The Kier molecular flexibility index (Phi) is 2.48. The van der Waals surface area contributed by atoms with Crippen molar-refractivity contribution in [2.24, 2.45) is 0 Å². The largest absolute Gasteiger partial charge is 0.308 e. The van der Waals surface area contributed by atoms with Crippen LogP contribution in [0.4, 0.5) is 0 Å². The highest BCUT2D eigenvalue weighted by Crippen LogP contribution is 1.79. The first-order valence-electron chi connectivity index (χ1n) is 3.59. The summed E-state index contributed by atoms with van der Waals surface area (Å²) in [5.41, 5.74) is 0.0341. The molecule has 11 heavy (non-hydrogen) atoms. The molecule has 0 aliphatic heterocycles. The Bertz CT molecular complexity index is 261. The van der Waals surface area contributed by atoms with Crippen LogP contribution in [-0.2, 0) is 6.54 Å². The summed E-state index contributed by atoms with van der Waals surface area (Å²) in [6.07, 6.45) is 1.65. The molecule has 4 nitrogen and oxygen atoms in total. The first kappa shape index (κ1) is 8.07. The van der Waals surface area contributed by atoms with Crippen LogP contribution in [-0.4, -0.2) is 35.3 Å². The van der Waals surface area contributed by atoms with Crippen molar-refractivity contribution in [1.29, 1.82) is 0 Å². The van der Waals surface area contributed by atoms with Crippen molar-refractivity contribution in [3.63, 3.8) is 0 Å². The highest BCUT2D eigenvalue weighted by atomic mass is 16.1. The van der Waals surface area contributed by atoms with Gasteiger partial charge in [0.05, 0.1) is 6.54 Å². The van der Waals surface area contributed by atoms with Gasteiger partial charge in [-0.1, -0.05) is 0 Å². The highest BCUT2D eigenvalue weighted by molar-refractivity contribution is 4.79. The molecular formula is C7H13N3O. The molecule has 0 aromatic carbocycles. The second-order valence-electron chi connectivity index (χ2n) is 2.76. The predicted octanol–water partition coefficient (Wildman–Crippen LogP) is -0.262. The second-order valence-corrected chi connectivity index (χ2v) is 2.76. The minimum atomic E-state index is 0.0341. The normalized spacial score (nSPS) is 10.8. The van der Waals surface area contributed by atoms with E-state index < -0.39 is 0 Å². The monoisotopic (exact) mass is 155 g/mol. The van der Waals surface area contributed by atoms with E-state index >= 15 is 0 Å². The first-order chi connectivity index (χ1) is 5.20. The highest BCUT2D eigenvalue weighted by Gasteiger charge is 1.95. The van der Waals surface area contributed by atoms with E-state index in [9.17, 15) is 4.79 Å². The molecule has 1 N–H and O–H groups in total. The van der Waals surface area contributed by atoms with E-state index in [1.807, 2.05) is 19.0 Å². The molecule has 0 amide bonds. The van der Waals surface area contributed by atoms with Gasteiger partial charge in [-0.15, -0.1) is 0 Å². The van der Waals surface area contributed by atoms with Crippen molar-refractivity contribution < 1.29 is 0 Å². The second kappa shape index (κ2) is 3.39. The van der Waals surface area contributed by atoms with Gasteiger partial charge in [0.1, 0.15) is 0 Å². The van der Waals surface area contributed by atoms with Crippen LogP contribution in [0.25, 0.3) is 0 Å². The molecule has 1 aromatic heterocycles. The summed E-state index contributed by atoms with van der Waals surface area (Å²) < 4.78 is 1.58. The van der Waals surface area contributed by atoms with Crippen molar-refractivity contribution in [2.75, 3.05) is 20.6 Å². The molecular weight excluding hydrogens is 142 g/mol. The number of H-pyrrole nitrogens is 1. The van der Waals surface area contributed by atoms with Crippen molar-refractivity contribution in [1.82, 2.24) is 14.7 Å². The van der Waals surface area contributed by atoms with Crippen LogP contribution in [0.5, 0.6) is 0 Å². The third-order valence-electron chi connectivity index (χ3n) is 1.49. The van der Waals surface area contributed by atoms with E-state index in [2.05, 4.69) is 5.10 Å². The number of aromatic nitrogens is 2. The molecule has 0 aliphatic rings. The predicted molar refractivity (Wildman–Crippen MR) is 43.6 cm³/mol. The van der Waals surface area contributed by atoms with Gasteiger partial charge in [-0.3, -0.25) is 9.48 Å². The lowest BCUT2D eigenvalue weighted by Crippen LogP contribution is -2.24. The van der Waals surface area contributed by atoms with Gasteiger partial charge in [0, 0.05) is 18.8 Å². The molecule has 0 aliphatic carbocycles. The summed E-state index contributed by atoms with van der Waals surface area (Å²) in [5.74, 6) is 0. The number of rotatable bonds is 3. The van der Waals surface area contributed by atoms with Gasteiger partial charge in [-0.2, -0.15) is 0 Å². The number of hydrogen-bond donors (Lipinski definition) is 1. The van der Waals surface area contributed by atoms with Gasteiger partial charge in [-0.05, 0) is 14.1 Å². The zero-order valence-corrected chi connectivity index (χ0v) is 6.87. The number of hydrogen-bond acceptors (Lipinski definition) is 2. The lowest BCUT2D eigenvalue weighted by molar-refractivity contribution is 0.370. The van der Waals surface area contributed by atoms with Crippen LogP contribution in [0.1, 0.15) is 0 Å². The van der Waals surface area contributed by atoms with E-state index in [4.69, 9.17) is 0 Å². The first-order valence-corrected chi connectivity index (χ1v) is 3.59. The number of nitrogens with zero attached hydrogens (tertiary/aromatic N) is 2. The Labute approximate surface area is 65.4 Å². The average molecular weight is 155 g/mol. The Morgan fingerprint density at radius 1 is 1.64 bits per heavy atom. The Balaban J connectivity index is 2.51. The molecule has 1 heterocycles. The number of nitrogens with one attached hydrogen (secondary N) is 1. The maximum absolute atomic E-state index is 10.9. The minimum Gasteiger partial charge on any atom is -0.308 e. The van der Waals surface area contributed by atoms with E-state index in [1.54, 1.807) is 10.9 Å². The lowest BCUT2D eigenvalue weighted by atomic mass is 10.6. The van der Waals surface area contributed by atoms with Crippen molar-refractivity contribution >= 4 is 0 Å². The van der Waals surface area contributed by atoms with Crippen molar-refractivity contribution in [2.45, 2.75) is 6.54 Å². The van der Waals surface area contributed by atoms with Crippen molar-refractivity contribution in [3.8, 4) is 0 Å². The molecule has 0 radical (unpaired) electrons. The van der Waals surface area contributed by atoms with E-state index in [-0.39, 0.29) is 5.56 Å². The third-order valence-corrected chi connectivity index (χ3v) is 1.49. The van der Waals surface area contributed by atoms with Gasteiger partial charge in [0.15, 0.2) is 0 Å². The lowest BCUT2D eigenvalue weighted by Gasteiger charge is -2.08. The number of aromatic amines is 1. The molecule has 1 aromatic rings. The standard InChI is InChI=1S/C7H13N3O/c1-9(2)5-6-10-7(11)3-4-8-10/h3-4,8H,5-6H2,1-2H3. The third kappa shape index (κ3) is 2.23. The molecule has 0 spiro atoms. The zero-order valence-electron chi connectivity index (χ0n) is 6.87. The SMILES string of the molecule is CN(C)CCn1[nH]ccc1=O. The fourth-order valence-electron chi connectivity index (χ4n) is 0.827. The van der Waals surface area contributed by atoms with Crippen molar-refractivity contribution in [3.05, 3.63) is 22.6 Å². The topological polar surface area (TPSA) is 41.0 Å². The Hall–Kier alpha value is -1.03. The van der Waals surface area contributed by atoms with Crippen LogP contribution in [0.3, 0.4) is 0 Å². The van der Waals surface area contributed by atoms with E-state index in [1.165, 1.54) is 6.07 Å². The zero-order chi connectivity index (χ0) is 8.27. The summed E-state index contributed by atoms with van der Waals surface area (Å²) >= 11 is 0. The van der Waals surface area contributed by atoms with Gasteiger partial charge in [0.25, 0.3) is 5.56 Å². The maximum Gasteiger partial charge on any atom is 0.266 e. The summed E-state index contributed by atoms with van der Waals surface area (Å²) in [4.78, 5) is 13.0. The fourth-order valence-corrected chi connectivity index (χ4v) is 0.827. The van der Waals surface area contributed by atoms with Crippen LogP contribution in [0, 0.1) is 0 Å². The summed E-state index contributed by atoms with van der Waals surface area (Å²) in [6, 6.07) is 1.52. The summed E-state index contributed by atoms with van der Waals surface area (Å²) in [6.45, 7) is 1.60. The molecule has 62 valence electrons. The Morgan fingerprint density at radius 2 is 2.36 bits per heavy atom. The Morgan fingerprint density at radius 3 is 2.82 bits per heavy atom. The van der Waals surface area contributed by atoms with E-state index in [0.29, 0.717) is 0 Å². The molecule has 0 saturated carbocycles. The fraction of sp³-hybridized carbons (Fsp3) is 0.571. The molecule has 0 saturated heterocycles. The average Bonchev–Trinajstić information content (AvgIpc) is 2.31. The van der Waals surface area contributed by atoms with Gasteiger partial charge < -0.3 is 10.00 Å². The smallest absolute Gasteiger partial charge is 0.266 e. The molecule has 0 atom stereocenters. The summed E-state index contributed by atoms with van der Waals surface area (Å²) in [5, 5.41) is 2.84. The van der Waals surface area contributed by atoms with Crippen LogP contribution in [0.2, 0.25) is 0 Å². The van der Waals surface area contributed by atoms with Gasteiger partial charge in [0.2, 0.25) is 0 Å². The molecule has 4 heteroatoms. The van der Waals surface area contributed by atoms with Crippen LogP contribution >= 0.6 is 0 Å². The maximum atomic E-state index is 10.9. The minimum absolute atomic E-state index is 0.0341. The summed E-state index contributed by atoms with van der Waals surface area (Å²) in [7, 11) is 3.96. The van der Waals surface area contributed by atoms with Crippen LogP contribution in [0.15, 0.2) is 17.1 Å². The van der Waals surface area contributed by atoms with Gasteiger partial charge >= 0.3 is 0 Å². The van der Waals surface area contributed by atoms with E-state index in [0.717, 1.165) is 13.1 Å². The molecule has 0 unspecified atom stereocenters.